The van der Waals surface area contributed by atoms with Crippen LogP contribution in [0.2, 0.25) is 0 Å². The number of carbonyl (C=O) groups is 2. The largest absolute Gasteiger partial charge is 0.493 e. The molecule has 2 aliphatic heterocycles. The van der Waals surface area contributed by atoms with Gasteiger partial charge in [0.1, 0.15) is 5.92 Å². The summed E-state index contributed by atoms with van der Waals surface area (Å²) in [7, 11) is 1.59. The number of hydroxylamine groups is 1. The number of hydrogen-bond acceptors (Lipinski definition) is 6. The van der Waals surface area contributed by atoms with Crippen LogP contribution in [0.25, 0.3) is 0 Å². The van der Waals surface area contributed by atoms with Gasteiger partial charge in [0, 0.05) is 0 Å². The van der Waals surface area contributed by atoms with Gasteiger partial charge < -0.3 is 9.47 Å². The fraction of sp³-hybridized carbons (Fsp3) is 0.310. The molecule has 0 unspecified atom stereocenters. The maximum Gasteiger partial charge on any atom is 0.266 e. The highest BCUT2D eigenvalue weighted by molar-refractivity contribution is 6.23. The van der Waals surface area contributed by atoms with Crippen LogP contribution in [-0.4, -0.2) is 31.6 Å². The minimum Gasteiger partial charge on any atom is -0.493 e. The summed E-state index contributed by atoms with van der Waals surface area (Å²) in [6.45, 7) is 4.68. The van der Waals surface area contributed by atoms with Crippen LogP contribution in [0.15, 0.2) is 72.8 Å². The van der Waals surface area contributed by atoms with Gasteiger partial charge in [0.05, 0.1) is 31.1 Å². The summed E-state index contributed by atoms with van der Waals surface area (Å²) >= 11 is 0. The highest BCUT2D eigenvalue weighted by Gasteiger charge is 2.60. The highest BCUT2D eigenvalue weighted by atomic mass is 16.7. The zero-order valence-electron chi connectivity index (χ0n) is 20.7. The van der Waals surface area contributed by atoms with E-state index in [9.17, 15) is 9.59 Å². The predicted molar refractivity (Wildman–Crippen MR) is 137 cm³/mol. The molecule has 2 amide bonds. The molecule has 2 saturated heterocycles. The number of rotatable bonds is 8. The summed E-state index contributed by atoms with van der Waals surface area (Å²) in [4.78, 5) is 34.8. The Balaban J connectivity index is 1.55. The number of anilines is 2. The van der Waals surface area contributed by atoms with Gasteiger partial charge in [-0.3, -0.25) is 14.4 Å². The molecule has 0 aromatic heterocycles. The number of hydrogen-bond donors (Lipinski definition) is 0. The SMILES string of the molecule is CCCOc1ccc([C@@H]2[C@H]3C(=O)N(c4ccc(CC)cc4)C(=O)[C@@H]3ON2c2ccccc2)cc1OC. The molecule has 36 heavy (non-hydrogen) atoms. The molecule has 0 N–H and O–H groups in total. The lowest BCUT2D eigenvalue weighted by atomic mass is 9.90. The van der Waals surface area contributed by atoms with Crippen LogP contribution in [0.5, 0.6) is 11.5 Å². The van der Waals surface area contributed by atoms with E-state index in [0.29, 0.717) is 23.8 Å². The first-order valence-electron chi connectivity index (χ1n) is 12.4. The molecule has 3 aromatic rings. The Morgan fingerprint density at radius 1 is 0.861 bits per heavy atom. The lowest BCUT2D eigenvalue weighted by molar-refractivity contribution is -0.126. The average molecular weight is 487 g/mol. The molecule has 7 nitrogen and oxygen atoms in total. The molecule has 3 aromatic carbocycles. The molecule has 3 atom stereocenters. The molecule has 0 bridgehead atoms. The van der Waals surface area contributed by atoms with Gasteiger partial charge in [0.15, 0.2) is 17.6 Å². The van der Waals surface area contributed by atoms with Gasteiger partial charge in [-0.1, -0.05) is 50.2 Å². The highest BCUT2D eigenvalue weighted by Crippen LogP contribution is 2.48. The van der Waals surface area contributed by atoms with E-state index in [0.717, 1.165) is 29.7 Å². The fourth-order valence-electron chi connectivity index (χ4n) is 4.89. The van der Waals surface area contributed by atoms with Crippen molar-refractivity contribution in [3.05, 3.63) is 83.9 Å². The van der Waals surface area contributed by atoms with E-state index in [2.05, 4.69) is 6.92 Å². The summed E-state index contributed by atoms with van der Waals surface area (Å²) in [6.07, 6.45) is 0.832. The fourth-order valence-corrected chi connectivity index (χ4v) is 4.89. The van der Waals surface area contributed by atoms with Crippen LogP contribution in [0.4, 0.5) is 11.4 Å². The maximum atomic E-state index is 13.8. The second kappa shape index (κ2) is 10.0. The van der Waals surface area contributed by atoms with E-state index >= 15 is 0 Å². The Labute approximate surface area is 211 Å². The molecular weight excluding hydrogens is 456 g/mol. The third-order valence-corrected chi connectivity index (χ3v) is 6.72. The summed E-state index contributed by atoms with van der Waals surface area (Å²) in [5.41, 5.74) is 3.27. The van der Waals surface area contributed by atoms with Crippen molar-refractivity contribution in [1.29, 1.82) is 0 Å². The number of nitrogens with zero attached hydrogens (tertiary/aromatic N) is 2. The molecule has 2 aliphatic rings. The Hall–Kier alpha value is -3.84. The van der Waals surface area contributed by atoms with E-state index in [-0.39, 0.29) is 11.8 Å². The zero-order chi connectivity index (χ0) is 25.2. The first-order chi connectivity index (χ1) is 17.6. The molecule has 186 valence electrons. The molecule has 0 saturated carbocycles. The maximum absolute atomic E-state index is 13.8. The van der Waals surface area contributed by atoms with Crippen LogP contribution < -0.4 is 19.4 Å². The molecule has 0 aliphatic carbocycles. The number of amides is 2. The van der Waals surface area contributed by atoms with Crippen LogP contribution in [0.1, 0.15) is 37.4 Å². The quantitative estimate of drug-likeness (QED) is 0.413. The van der Waals surface area contributed by atoms with E-state index in [1.807, 2.05) is 79.7 Å². The zero-order valence-corrected chi connectivity index (χ0v) is 20.7. The summed E-state index contributed by atoms with van der Waals surface area (Å²) in [5, 5.41) is 1.68. The first-order valence-corrected chi connectivity index (χ1v) is 12.4. The van der Waals surface area contributed by atoms with E-state index in [4.69, 9.17) is 14.3 Å². The smallest absolute Gasteiger partial charge is 0.266 e. The van der Waals surface area contributed by atoms with Crippen molar-refractivity contribution in [2.45, 2.75) is 38.8 Å². The van der Waals surface area contributed by atoms with Crippen LogP contribution >= 0.6 is 0 Å². The first kappa shape index (κ1) is 23.9. The molecule has 0 radical (unpaired) electrons. The van der Waals surface area contributed by atoms with Crippen LogP contribution in [-0.2, 0) is 20.8 Å². The van der Waals surface area contributed by atoms with Crippen molar-refractivity contribution >= 4 is 23.2 Å². The predicted octanol–water partition coefficient (Wildman–Crippen LogP) is 5.10. The third kappa shape index (κ3) is 4.09. The van der Waals surface area contributed by atoms with Gasteiger partial charge in [0.2, 0.25) is 5.91 Å². The Morgan fingerprint density at radius 3 is 2.28 bits per heavy atom. The molecule has 2 heterocycles. The van der Waals surface area contributed by atoms with Gasteiger partial charge in [-0.25, -0.2) is 9.96 Å². The van der Waals surface area contributed by atoms with Crippen molar-refractivity contribution in [3.8, 4) is 11.5 Å². The number of fused-ring (bicyclic) bond motifs is 1. The molecular formula is C29H30N2O5. The second-order valence-corrected chi connectivity index (χ2v) is 8.95. The van der Waals surface area contributed by atoms with Crippen molar-refractivity contribution in [3.63, 3.8) is 0 Å². The number of methoxy groups -OCH3 is 1. The number of aryl methyl sites for hydroxylation is 1. The number of imide groups is 1. The van der Waals surface area contributed by atoms with E-state index in [1.165, 1.54) is 4.90 Å². The van der Waals surface area contributed by atoms with Crippen molar-refractivity contribution in [2.75, 3.05) is 23.7 Å². The number of para-hydroxylation sites is 1. The van der Waals surface area contributed by atoms with Crippen LogP contribution in [0.3, 0.4) is 0 Å². The van der Waals surface area contributed by atoms with Crippen LogP contribution in [0, 0.1) is 5.92 Å². The third-order valence-electron chi connectivity index (χ3n) is 6.72. The molecule has 5 rings (SSSR count). The van der Waals surface area contributed by atoms with Crippen molar-refractivity contribution < 1.29 is 23.9 Å². The summed E-state index contributed by atoms with van der Waals surface area (Å²) < 4.78 is 11.4. The van der Waals surface area contributed by atoms with E-state index in [1.54, 1.807) is 12.2 Å². The van der Waals surface area contributed by atoms with Gasteiger partial charge >= 0.3 is 0 Å². The van der Waals surface area contributed by atoms with Crippen molar-refractivity contribution in [2.24, 2.45) is 5.92 Å². The topological polar surface area (TPSA) is 68.3 Å². The number of ether oxygens (including phenoxy) is 2. The number of carbonyl (C=O) groups excluding carboxylic acids is 2. The van der Waals surface area contributed by atoms with Gasteiger partial charge in [0.25, 0.3) is 5.91 Å². The van der Waals surface area contributed by atoms with E-state index < -0.39 is 18.1 Å². The summed E-state index contributed by atoms with van der Waals surface area (Å²) in [5.74, 6) is -0.135. The van der Waals surface area contributed by atoms with Gasteiger partial charge in [-0.15, -0.1) is 0 Å². The lowest BCUT2D eigenvalue weighted by Crippen LogP contribution is -2.37. The minimum atomic E-state index is -0.921. The standard InChI is InChI=1S/C29H30N2O5/c1-4-17-35-23-16-13-20(18-24(23)34-3)26-25-27(36-31(26)22-9-7-6-8-10-22)29(33)30(28(25)32)21-14-11-19(5-2)12-15-21/h6-16,18,25-27H,4-5,17H2,1-3H3/t25-,26-,27-/m1/s1. The van der Waals surface area contributed by atoms with Gasteiger partial charge in [-0.2, -0.15) is 0 Å². The Kier molecular flexibility index (Phi) is 6.65. The summed E-state index contributed by atoms with van der Waals surface area (Å²) in [6, 6.07) is 22.2. The monoisotopic (exact) mass is 486 g/mol. The Morgan fingerprint density at radius 2 is 1.61 bits per heavy atom. The van der Waals surface area contributed by atoms with Gasteiger partial charge in [-0.05, 0) is 60.4 Å². The second-order valence-electron chi connectivity index (χ2n) is 8.95. The average Bonchev–Trinajstić information content (AvgIpc) is 3.43. The van der Waals surface area contributed by atoms with Crippen molar-refractivity contribution in [1.82, 2.24) is 0 Å². The molecule has 0 spiro atoms. The minimum absolute atomic E-state index is 0.275. The lowest BCUT2D eigenvalue weighted by Gasteiger charge is -2.29. The normalized spacial score (nSPS) is 21.1. The molecule has 2 fully saturated rings. The Bertz CT molecular complexity index is 1240. The molecule has 7 heteroatoms. The number of benzene rings is 3.